The number of hydrogen-bond acceptors (Lipinski definition) is 5. The maximum Gasteiger partial charge on any atom is 0.357 e. The number of ether oxygens (including phenoxy) is 1. The Labute approximate surface area is 170 Å². The van der Waals surface area contributed by atoms with E-state index in [0.717, 1.165) is 36.4 Å². The van der Waals surface area contributed by atoms with E-state index in [1.54, 1.807) is 17.2 Å². The van der Waals surface area contributed by atoms with Gasteiger partial charge in [-0.2, -0.15) is 0 Å². The third-order valence-electron chi connectivity index (χ3n) is 4.29. The van der Waals surface area contributed by atoms with Gasteiger partial charge in [-0.25, -0.2) is 14.6 Å². The summed E-state index contributed by atoms with van der Waals surface area (Å²) in [4.78, 5) is 30.7. The Balaban J connectivity index is 2.05. The second-order valence-corrected chi connectivity index (χ2v) is 7.40. The fraction of sp³-hybridized carbons (Fsp3) is 0.476. The van der Waals surface area contributed by atoms with E-state index in [1.165, 1.54) is 16.9 Å². The number of esters is 1. The molecule has 0 unspecified atom stereocenters. The van der Waals surface area contributed by atoms with Gasteiger partial charge in [-0.05, 0) is 37.5 Å². The monoisotopic (exact) mass is 403 g/mol. The third kappa shape index (κ3) is 6.64. The number of carbonyl (C=O) groups excluding carboxylic acids is 2. The zero-order chi connectivity index (χ0) is 20.4. The zero-order valence-electron chi connectivity index (χ0n) is 16.9. The highest BCUT2D eigenvalue weighted by Gasteiger charge is 2.18. The molecule has 7 heteroatoms. The molecule has 0 radical (unpaired) electrons. The van der Waals surface area contributed by atoms with Crippen molar-refractivity contribution in [3.05, 3.63) is 45.9 Å². The van der Waals surface area contributed by atoms with E-state index in [2.05, 4.69) is 24.1 Å². The summed E-state index contributed by atoms with van der Waals surface area (Å²) in [6.07, 6.45) is 4.03. The van der Waals surface area contributed by atoms with Gasteiger partial charge in [0.25, 0.3) is 0 Å². The Morgan fingerprint density at radius 1 is 1.14 bits per heavy atom. The topological polar surface area (TPSA) is 71.5 Å². The highest BCUT2D eigenvalue weighted by Crippen LogP contribution is 2.16. The number of aromatic nitrogens is 1. The number of rotatable bonds is 10. The predicted molar refractivity (Wildman–Crippen MR) is 113 cm³/mol. The number of unbranched alkanes of at least 4 members (excludes halogenated alkanes) is 2. The molecule has 0 fully saturated rings. The molecule has 0 aliphatic rings. The summed E-state index contributed by atoms with van der Waals surface area (Å²) in [5.74, 6) is -0.428. The Kier molecular flexibility index (Phi) is 8.94. The van der Waals surface area contributed by atoms with E-state index >= 15 is 0 Å². The van der Waals surface area contributed by atoms with Crippen LogP contribution in [0.25, 0.3) is 0 Å². The van der Waals surface area contributed by atoms with E-state index in [-0.39, 0.29) is 6.03 Å². The fourth-order valence-corrected chi connectivity index (χ4v) is 3.45. The van der Waals surface area contributed by atoms with Crippen molar-refractivity contribution in [2.24, 2.45) is 0 Å². The van der Waals surface area contributed by atoms with Crippen LogP contribution in [0.1, 0.15) is 61.1 Å². The lowest BCUT2D eigenvalue weighted by molar-refractivity contribution is 0.0520. The minimum atomic E-state index is -0.428. The van der Waals surface area contributed by atoms with Crippen LogP contribution >= 0.6 is 11.3 Å². The van der Waals surface area contributed by atoms with Crippen molar-refractivity contribution in [3.63, 3.8) is 0 Å². The predicted octanol–water partition coefficient (Wildman–Crippen LogP) is 5.11. The molecule has 0 saturated carbocycles. The first kappa shape index (κ1) is 21.9. The standard InChI is InChI=1S/C21H29N3O3S/c1-4-7-8-13-24(14-19-23-18(15-28-19)20(25)27-6-3)21(26)22-17-11-9-16(5-2)10-12-17/h9-12,15H,4-8,13-14H2,1-3H3,(H,22,26). The van der Waals surface area contributed by atoms with E-state index in [0.29, 0.717) is 25.4 Å². The molecule has 0 saturated heterocycles. The first-order valence-corrected chi connectivity index (χ1v) is 10.7. The van der Waals surface area contributed by atoms with Crippen LogP contribution in [0.3, 0.4) is 0 Å². The molecule has 1 aromatic heterocycles. The van der Waals surface area contributed by atoms with Crippen LogP contribution in [0.15, 0.2) is 29.6 Å². The van der Waals surface area contributed by atoms with Gasteiger partial charge in [-0.15, -0.1) is 11.3 Å². The van der Waals surface area contributed by atoms with E-state index < -0.39 is 5.97 Å². The zero-order valence-corrected chi connectivity index (χ0v) is 17.7. The van der Waals surface area contributed by atoms with Crippen molar-refractivity contribution < 1.29 is 14.3 Å². The lowest BCUT2D eigenvalue weighted by Gasteiger charge is -2.22. The highest BCUT2D eigenvalue weighted by atomic mass is 32.1. The van der Waals surface area contributed by atoms with E-state index in [4.69, 9.17) is 4.74 Å². The van der Waals surface area contributed by atoms with Gasteiger partial charge in [0.15, 0.2) is 5.69 Å². The minimum Gasteiger partial charge on any atom is -0.461 e. The number of thiazole rings is 1. The first-order valence-electron chi connectivity index (χ1n) is 9.83. The summed E-state index contributed by atoms with van der Waals surface area (Å²) in [6.45, 7) is 7.31. The van der Waals surface area contributed by atoms with Crippen LogP contribution in [-0.2, 0) is 17.7 Å². The van der Waals surface area contributed by atoms with Crippen LogP contribution in [0, 0.1) is 0 Å². The Hall–Kier alpha value is -2.41. The number of aryl methyl sites for hydroxylation is 1. The van der Waals surface area contributed by atoms with Gasteiger partial charge >= 0.3 is 12.0 Å². The van der Waals surface area contributed by atoms with Crippen molar-refractivity contribution in [1.29, 1.82) is 0 Å². The van der Waals surface area contributed by atoms with Crippen LogP contribution < -0.4 is 5.32 Å². The average molecular weight is 404 g/mol. The van der Waals surface area contributed by atoms with Gasteiger partial charge in [-0.1, -0.05) is 38.8 Å². The summed E-state index contributed by atoms with van der Waals surface area (Å²) < 4.78 is 4.98. The number of benzene rings is 1. The minimum absolute atomic E-state index is 0.159. The van der Waals surface area contributed by atoms with Crippen LogP contribution in [-0.4, -0.2) is 35.0 Å². The number of anilines is 1. The molecule has 0 bridgehead atoms. The molecule has 1 N–H and O–H groups in total. The molecule has 2 amide bonds. The van der Waals surface area contributed by atoms with Crippen molar-refractivity contribution in [1.82, 2.24) is 9.88 Å². The van der Waals surface area contributed by atoms with Crippen LogP contribution in [0.4, 0.5) is 10.5 Å². The highest BCUT2D eigenvalue weighted by molar-refractivity contribution is 7.09. The smallest absolute Gasteiger partial charge is 0.357 e. The number of nitrogens with zero attached hydrogens (tertiary/aromatic N) is 2. The number of amides is 2. The molecule has 2 aromatic rings. The summed E-state index contributed by atoms with van der Waals surface area (Å²) in [7, 11) is 0. The van der Waals surface area contributed by atoms with Gasteiger partial charge in [-0.3, -0.25) is 0 Å². The second kappa shape index (κ2) is 11.4. The normalized spacial score (nSPS) is 10.5. The van der Waals surface area contributed by atoms with Crippen molar-refractivity contribution in [2.45, 2.75) is 53.0 Å². The molecule has 1 aromatic carbocycles. The number of carbonyl (C=O) groups is 2. The number of urea groups is 1. The summed E-state index contributed by atoms with van der Waals surface area (Å²) in [5, 5.41) is 5.36. The molecule has 28 heavy (non-hydrogen) atoms. The van der Waals surface area contributed by atoms with Crippen molar-refractivity contribution >= 4 is 29.0 Å². The molecule has 2 rings (SSSR count). The third-order valence-corrected chi connectivity index (χ3v) is 5.13. The Morgan fingerprint density at radius 2 is 1.89 bits per heavy atom. The van der Waals surface area contributed by atoms with Gasteiger partial charge in [0.1, 0.15) is 5.01 Å². The number of nitrogens with one attached hydrogen (secondary N) is 1. The molecule has 1 heterocycles. The Morgan fingerprint density at radius 3 is 2.54 bits per heavy atom. The van der Waals surface area contributed by atoms with Crippen LogP contribution in [0.2, 0.25) is 0 Å². The van der Waals surface area contributed by atoms with Gasteiger partial charge in [0.05, 0.1) is 13.2 Å². The molecular weight excluding hydrogens is 374 g/mol. The average Bonchev–Trinajstić information content (AvgIpc) is 3.17. The van der Waals surface area contributed by atoms with Gasteiger partial charge < -0.3 is 15.0 Å². The SMILES string of the molecule is CCCCCN(Cc1nc(C(=O)OCC)cs1)C(=O)Nc1ccc(CC)cc1. The summed E-state index contributed by atoms with van der Waals surface area (Å²) >= 11 is 1.37. The van der Waals surface area contributed by atoms with Gasteiger partial charge in [0.2, 0.25) is 0 Å². The van der Waals surface area contributed by atoms with Gasteiger partial charge in [0, 0.05) is 17.6 Å². The lowest BCUT2D eigenvalue weighted by atomic mass is 10.1. The van der Waals surface area contributed by atoms with E-state index in [9.17, 15) is 9.59 Å². The maximum absolute atomic E-state index is 12.8. The molecule has 0 atom stereocenters. The molecule has 152 valence electrons. The molecule has 0 aliphatic heterocycles. The Bertz CT molecular complexity index is 759. The largest absolute Gasteiger partial charge is 0.461 e. The lowest BCUT2D eigenvalue weighted by Crippen LogP contribution is -2.35. The quantitative estimate of drug-likeness (QED) is 0.442. The molecular formula is C21H29N3O3S. The molecule has 0 aliphatic carbocycles. The fourth-order valence-electron chi connectivity index (χ4n) is 2.68. The summed E-state index contributed by atoms with van der Waals surface area (Å²) in [6, 6.07) is 7.72. The first-order chi connectivity index (χ1) is 13.6. The van der Waals surface area contributed by atoms with Crippen molar-refractivity contribution in [3.8, 4) is 0 Å². The van der Waals surface area contributed by atoms with Crippen molar-refractivity contribution in [2.75, 3.05) is 18.5 Å². The molecule has 6 nitrogen and oxygen atoms in total. The van der Waals surface area contributed by atoms with E-state index in [1.807, 2.05) is 24.3 Å². The summed E-state index contributed by atoms with van der Waals surface area (Å²) in [5.41, 5.74) is 2.30. The second-order valence-electron chi connectivity index (χ2n) is 6.46. The van der Waals surface area contributed by atoms with Crippen LogP contribution in [0.5, 0.6) is 0 Å². The number of hydrogen-bond donors (Lipinski definition) is 1. The molecule has 0 spiro atoms. The maximum atomic E-state index is 12.8.